The molecular formula is C27H29N3OS. The molecule has 1 amide bonds. The van der Waals surface area contributed by atoms with Gasteiger partial charge in [0.05, 0.1) is 17.1 Å². The van der Waals surface area contributed by atoms with E-state index in [1.54, 1.807) is 0 Å². The highest BCUT2D eigenvalue weighted by Gasteiger charge is 2.51. The number of H-pyrrole nitrogens is 1. The maximum absolute atomic E-state index is 13.0. The molecule has 32 heavy (non-hydrogen) atoms. The summed E-state index contributed by atoms with van der Waals surface area (Å²) in [5.41, 5.74) is 4.18. The number of carbonyl (C=O) groups excluding carboxylic acids is 1. The summed E-state index contributed by atoms with van der Waals surface area (Å²) >= 11 is 1.50. The second kappa shape index (κ2) is 8.11. The zero-order valence-electron chi connectivity index (χ0n) is 18.2. The van der Waals surface area contributed by atoms with E-state index < -0.39 is 0 Å². The van der Waals surface area contributed by atoms with E-state index in [1.165, 1.54) is 50.3 Å². The summed E-state index contributed by atoms with van der Waals surface area (Å²) in [6, 6.07) is 20.5. The number of benzene rings is 2. The minimum absolute atomic E-state index is 0.0694. The molecule has 4 aliphatic rings. The van der Waals surface area contributed by atoms with Crippen molar-refractivity contribution < 1.29 is 4.79 Å². The van der Waals surface area contributed by atoms with Gasteiger partial charge in [-0.15, -0.1) is 0 Å². The summed E-state index contributed by atoms with van der Waals surface area (Å²) in [6.45, 7) is 0. The van der Waals surface area contributed by atoms with Crippen LogP contribution < -0.4 is 5.32 Å². The van der Waals surface area contributed by atoms with Crippen LogP contribution in [0.15, 0.2) is 65.8 Å². The van der Waals surface area contributed by atoms with E-state index >= 15 is 0 Å². The number of amides is 1. The topological polar surface area (TPSA) is 57.8 Å². The average Bonchev–Trinajstić information content (AvgIpc) is 3.22. The third-order valence-electron chi connectivity index (χ3n) is 7.57. The normalized spacial score (nSPS) is 28.1. The number of nitrogens with one attached hydrogen (secondary N) is 2. The van der Waals surface area contributed by atoms with Crippen molar-refractivity contribution in [1.29, 1.82) is 0 Å². The molecule has 5 heteroatoms. The summed E-state index contributed by atoms with van der Waals surface area (Å²) < 4.78 is 0. The number of aromatic amines is 1. The molecule has 0 saturated heterocycles. The van der Waals surface area contributed by atoms with Gasteiger partial charge in [0.1, 0.15) is 0 Å². The number of rotatable bonds is 6. The number of thioether (sulfide) groups is 1. The fourth-order valence-corrected chi connectivity index (χ4v) is 7.44. The first kappa shape index (κ1) is 20.1. The molecule has 4 nitrogen and oxygen atoms in total. The van der Waals surface area contributed by atoms with Gasteiger partial charge in [-0.25, -0.2) is 4.98 Å². The summed E-state index contributed by atoms with van der Waals surface area (Å²) in [5.74, 6) is 3.05. The maximum atomic E-state index is 13.0. The Hall–Kier alpha value is -2.53. The van der Waals surface area contributed by atoms with Gasteiger partial charge in [0, 0.05) is 16.7 Å². The highest BCUT2D eigenvalue weighted by molar-refractivity contribution is 7.99. The highest BCUT2D eigenvalue weighted by atomic mass is 32.2. The molecule has 0 radical (unpaired) electrons. The zero-order valence-corrected chi connectivity index (χ0v) is 19.0. The molecule has 4 fully saturated rings. The van der Waals surface area contributed by atoms with Crippen LogP contribution >= 0.6 is 11.8 Å². The van der Waals surface area contributed by atoms with E-state index in [9.17, 15) is 4.79 Å². The van der Waals surface area contributed by atoms with Crippen molar-refractivity contribution in [2.24, 2.45) is 17.8 Å². The van der Waals surface area contributed by atoms with Gasteiger partial charge >= 0.3 is 0 Å². The van der Waals surface area contributed by atoms with Crippen LogP contribution in [0, 0.1) is 17.8 Å². The third-order valence-corrected chi connectivity index (χ3v) is 8.45. The quantitative estimate of drug-likeness (QED) is 0.465. The van der Waals surface area contributed by atoms with Crippen LogP contribution in [-0.2, 0) is 4.79 Å². The minimum Gasteiger partial charge on any atom is -0.350 e. The lowest BCUT2D eigenvalue weighted by molar-refractivity contribution is -0.124. The van der Waals surface area contributed by atoms with Crippen molar-refractivity contribution in [2.75, 3.05) is 5.75 Å². The van der Waals surface area contributed by atoms with Crippen molar-refractivity contribution in [3.05, 3.63) is 60.7 Å². The van der Waals surface area contributed by atoms with Crippen LogP contribution in [0.25, 0.3) is 22.5 Å². The van der Waals surface area contributed by atoms with Gasteiger partial charge in [-0.05, 0) is 56.3 Å². The fourth-order valence-electron chi connectivity index (χ4n) is 6.77. The Morgan fingerprint density at radius 1 is 0.906 bits per heavy atom. The number of nitrogens with zero attached hydrogens (tertiary/aromatic N) is 1. The predicted octanol–water partition coefficient (Wildman–Crippen LogP) is 5.92. The second-order valence-electron chi connectivity index (χ2n) is 10.0. The largest absolute Gasteiger partial charge is 0.350 e. The molecule has 0 aliphatic heterocycles. The molecule has 0 unspecified atom stereocenters. The van der Waals surface area contributed by atoms with E-state index in [4.69, 9.17) is 4.98 Å². The van der Waals surface area contributed by atoms with Gasteiger partial charge < -0.3 is 10.3 Å². The molecule has 4 bridgehead atoms. The fraction of sp³-hybridized carbons (Fsp3) is 0.407. The lowest BCUT2D eigenvalue weighted by atomic mass is 9.53. The van der Waals surface area contributed by atoms with Crippen molar-refractivity contribution >= 4 is 17.7 Å². The molecule has 0 atom stereocenters. The van der Waals surface area contributed by atoms with Gasteiger partial charge in [-0.2, -0.15) is 0 Å². The van der Waals surface area contributed by atoms with E-state index in [2.05, 4.69) is 34.6 Å². The molecule has 2 aromatic carbocycles. The molecule has 2 N–H and O–H groups in total. The Labute approximate surface area is 193 Å². The zero-order chi connectivity index (χ0) is 21.5. The molecular weight excluding hydrogens is 414 g/mol. The van der Waals surface area contributed by atoms with Gasteiger partial charge in [0.15, 0.2) is 5.16 Å². The SMILES string of the molecule is O=C(CSc1nc(-c2ccccc2)c(-c2ccccc2)[nH]1)NC12CC3CC(CC(C3)C1)C2. The first-order valence-corrected chi connectivity index (χ1v) is 12.8. The van der Waals surface area contributed by atoms with Crippen LogP contribution in [0.3, 0.4) is 0 Å². The van der Waals surface area contributed by atoms with Crippen LogP contribution in [-0.4, -0.2) is 27.2 Å². The summed E-state index contributed by atoms with van der Waals surface area (Å²) in [5, 5.41) is 4.27. The van der Waals surface area contributed by atoms with E-state index in [0.717, 1.165) is 45.4 Å². The van der Waals surface area contributed by atoms with E-state index in [-0.39, 0.29) is 11.4 Å². The number of imidazole rings is 1. The molecule has 164 valence electrons. The van der Waals surface area contributed by atoms with Crippen LogP contribution in [0.5, 0.6) is 0 Å². The van der Waals surface area contributed by atoms with Crippen molar-refractivity contribution in [3.8, 4) is 22.5 Å². The van der Waals surface area contributed by atoms with Crippen LogP contribution in [0.2, 0.25) is 0 Å². The van der Waals surface area contributed by atoms with Crippen molar-refractivity contribution in [1.82, 2.24) is 15.3 Å². The van der Waals surface area contributed by atoms with Gasteiger partial charge in [0.25, 0.3) is 0 Å². The molecule has 4 aliphatic carbocycles. The Morgan fingerprint density at radius 3 is 2.06 bits per heavy atom. The average molecular weight is 444 g/mol. The molecule has 4 saturated carbocycles. The van der Waals surface area contributed by atoms with Gasteiger partial charge in [-0.3, -0.25) is 4.79 Å². The summed E-state index contributed by atoms with van der Waals surface area (Å²) in [6.07, 6.45) is 7.73. The Balaban J connectivity index is 1.18. The highest BCUT2D eigenvalue weighted by Crippen LogP contribution is 2.55. The molecule has 0 spiro atoms. The van der Waals surface area contributed by atoms with Crippen LogP contribution in [0.4, 0.5) is 0 Å². The summed E-state index contributed by atoms with van der Waals surface area (Å²) in [7, 11) is 0. The Bertz CT molecular complexity index is 1020. The van der Waals surface area contributed by atoms with Crippen LogP contribution in [0.1, 0.15) is 38.5 Å². The maximum Gasteiger partial charge on any atom is 0.230 e. The summed E-state index contributed by atoms with van der Waals surface area (Å²) in [4.78, 5) is 21.3. The smallest absolute Gasteiger partial charge is 0.230 e. The van der Waals surface area contributed by atoms with Gasteiger partial charge in [-0.1, -0.05) is 72.4 Å². The number of hydrogen-bond acceptors (Lipinski definition) is 3. The first-order valence-electron chi connectivity index (χ1n) is 11.8. The third kappa shape index (κ3) is 3.88. The Kier molecular flexibility index (Phi) is 5.09. The lowest BCUT2D eigenvalue weighted by Crippen LogP contribution is -2.60. The monoisotopic (exact) mass is 443 g/mol. The number of hydrogen-bond donors (Lipinski definition) is 2. The molecule has 1 heterocycles. The molecule has 3 aromatic rings. The van der Waals surface area contributed by atoms with E-state index in [1.807, 2.05) is 36.4 Å². The number of carbonyl (C=O) groups is 1. The molecule has 7 rings (SSSR count). The second-order valence-corrected chi connectivity index (χ2v) is 11.0. The molecule has 1 aromatic heterocycles. The predicted molar refractivity (Wildman–Crippen MR) is 129 cm³/mol. The lowest BCUT2D eigenvalue weighted by Gasteiger charge is -2.56. The van der Waals surface area contributed by atoms with Gasteiger partial charge in [0.2, 0.25) is 5.91 Å². The van der Waals surface area contributed by atoms with E-state index in [0.29, 0.717) is 5.75 Å². The standard InChI is InChI=1S/C27H29N3OS/c31-23(30-27-14-18-11-19(15-27)13-20(12-18)16-27)17-32-26-28-24(21-7-3-1-4-8-21)25(29-26)22-9-5-2-6-10-22/h1-10,18-20H,11-17H2,(H,28,29)(H,30,31). The number of aromatic nitrogens is 2. The minimum atomic E-state index is 0.0694. The Morgan fingerprint density at radius 2 is 1.47 bits per heavy atom. The van der Waals surface area contributed by atoms with Crippen molar-refractivity contribution in [3.63, 3.8) is 0 Å². The first-order chi connectivity index (χ1) is 15.7. The van der Waals surface area contributed by atoms with Crippen molar-refractivity contribution in [2.45, 2.75) is 49.2 Å².